The molecule has 3 heteroatoms. The first-order valence-electron chi connectivity index (χ1n) is 11.5. The number of ether oxygens (including phenoxy) is 1. The monoisotopic (exact) mass is 376 g/mol. The molecule has 4 rings (SSSR count). The fourth-order valence-corrected chi connectivity index (χ4v) is 8.56. The number of carbonyl (C=O) groups is 1. The van der Waals surface area contributed by atoms with Crippen molar-refractivity contribution in [3.05, 3.63) is 0 Å². The predicted octanol–water partition coefficient (Wildman–Crippen LogP) is 5.00. The van der Waals surface area contributed by atoms with E-state index in [0.717, 1.165) is 49.4 Å². The van der Waals surface area contributed by atoms with Gasteiger partial charge in [-0.1, -0.05) is 13.8 Å². The largest absolute Gasteiger partial charge is 0.387 e. The van der Waals surface area contributed by atoms with Gasteiger partial charge in [-0.3, -0.25) is 4.79 Å². The Morgan fingerprint density at radius 2 is 1.70 bits per heavy atom. The number of rotatable bonds is 4. The van der Waals surface area contributed by atoms with E-state index in [1.165, 1.54) is 32.1 Å². The third-order valence-electron chi connectivity index (χ3n) is 9.67. The van der Waals surface area contributed by atoms with Crippen LogP contribution in [0.5, 0.6) is 0 Å². The number of carbonyl (C=O) groups excluding carboxylic acids is 1. The lowest BCUT2D eigenvalue weighted by atomic mass is 9.45. The standard InChI is InChI=1S/C24H40O3/c1-5-27-15-24(26)13-10-20-17-9-12-23(4)19(16(2)25)6-7-21(23)18(17)8-11-22(20,3)14-24/h17-21,26H,5-15H2,1-4H3/t17-,18+,19+,20+,21-,22-,23+,24+/m0/s1. The van der Waals surface area contributed by atoms with Crippen molar-refractivity contribution < 1.29 is 14.6 Å². The molecule has 154 valence electrons. The highest BCUT2D eigenvalue weighted by molar-refractivity contribution is 5.79. The van der Waals surface area contributed by atoms with Crippen LogP contribution in [0, 0.1) is 40.4 Å². The number of ketones is 1. The van der Waals surface area contributed by atoms with E-state index in [1.807, 2.05) is 13.8 Å². The summed E-state index contributed by atoms with van der Waals surface area (Å²) < 4.78 is 5.63. The summed E-state index contributed by atoms with van der Waals surface area (Å²) >= 11 is 0. The minimum absolute atomic E-state index is 0.255. The molecule has 0 amide bonds. The maximum absolute atomic E-state index is 12.3. The van der Waals surface area contributed by atoms with Gasteiger partial charge in [0.2, 0.25) is 0 Å². The minimum atomic E-state index is -0.621. The van der Waals surface area contributed by atoms with Crippen molar-refractivity contribution in [1.82, 2.24) is 0 Å². The second kappa shape index (κ2) is 6.83. The zero-order chi connectivity index (χ0) is 19.4. The molecule has 27 heavy (non-hydrogen) atoms. The minimum Gasteiger partial charge on any atom is -0.387 e. The molecule has 0 unspecified atom stereocenters. The Labute approximate surface area is 165 Å². The molecule has 3 nitrogen and oxygen atoms in total. The van der Waals surface area contributed by atoms with Gasteiger partial charge in [0.25, 0.3) is 0 Å². The summed E-state index contributed by atoms with van der Waals surface area (Å²) in [6.45, 7) is 9.90. The van der Waals surface area contributed by atoms with Crippen molar-refractivity contribution in [1.29, 1.82) is 0 Å². The van der Waals surface area contributed by atoms with Crippen LogP contribution in [0.25, 0.3) is 0 Å². The Morgan fingerprint density at radius 3 is 2.41 bits per heavy atom. The maximum Gasteiger partial charge on any atom is 0.133 e. The molecule has 4 saturated carbocycles. The Kier molecular flexibility index (Phi) is 5.03. The molecule has 0 aliphatic heterocycles. The van der Waals surface area contributed by atoms with Gasteiger partial charge in [0.15, 0.2) is 0 Å². The van der Waals surface area contributed by atoms with E-state index in [9.17, 15) is 9.90 Å². The molecule has 0 aromatic rings. The fourth-order valence-electron chi connectivity index (χ4n) is 8.56. The van der Waals surface area contributed by atoms with Gasteiger partial charge >= 0.3 is 0 Å². The highest BCUT2D eigenvalue weighted by Gasteiger charge is 2.60. The van der Waals surface area contributed by atoms with E-state index in [0.29, 0.717) is 24.9 Å². The van der Waals surface area contributed by atoms with Crippen LogP contribution in [0.2, 0.25) is 0 Å². The van der Waals surface area contributed by atoms with E-state index >= 15 is 0 Å². The predicted molar refractivity (Wildman–Crippen MR) is 107 cm³/mol. The molecule has 8 atom stereocenters. The normalized spacial score (nSPS) is 52.0. The van der Waals surface area contributed by atoms with Crippen LogP contribution in [-0.4, -0.2) is 29.7 Å². The molecular formula is C24H40O3. The summed E-state index contributed by atoms with van der Waals surface area (Å²) in [4.78, 5) is 12.3. The van der Waals surface area contributed by atoms with Crippen molar-refractivity contribution in [2.45, 2.75) is 91.1 Å². The first-order valence-corrected chi connectivity index (χ1v) is 11.5. The van der Waals surface area contributed by atoms with Gasteiger partial charge in [0, 0.05) is 12.5 Å². The van der Waals surface area contributed by atoms with Crippen LogP contribution in [0.4, 0.5) is 0 Å². The molecule has 0 aromatic carbocycles. The number of Topliss-reactive ketones (excluding diaryl/α,β-unsaturated/α-hetero) is 1. The van der Waals surface area contributed by atoms with E-state index in [1.54, 1.807) is 0 Å². The molecule has 0 bridgehead atoms. The molecule has 1 N–H and O–H groups in total. The Morgan fingerprint density at radius 1 is 1.00 bits per heavy atom. The van der Waals surface area contributed by atoms with Gasteiger partial charge in [-0.05, 0) is 106 Å². The Bertz CT molecular complexity index is 588. The van der Waals surface area contributed by atoms with E-state index < -0.39 is 5.60 Å². The summed E-state index contributed by atoms with van der Waals surface area (Å²) in [6.07, 6.45) is 10.4. The lowest BCUT2D eigenvalue weighted by Gasteiger charge is -2.61. The summed E-state index contributed by atoms with van der Waals surface area (Å²) in [5.74, 6) is 3.85. The molecular weight excluding hydrogens is 336 g/mol. The van der Waals surface area contributed by atoms with Crippen LogP contribution in [-0.2, 0) is 9.53 Å². The van der Waals surface area contributed by atoms with Gasteiger partial charge in [-0.25, -0.2) is 0 Å². The molecule has 0 saturated heterocycles. The summed E-state index contributed by atoms with van der Waals surface area (Å²) in [5, 5.41) is 11.1. The lowest BCUT2D eigenvalue weighted by Crippen LogP contribution is -2.56. The molecule has 4 aliphatic carbocycles. The Balaban J connectivity index is 1.52. The number of hydrogen-bond acceptors (Lipinski definition) is 3. The highest BCUT2D eigenvalue weighted by atomic mass is 16.5. The van der Waals surface area contributed by atoms with E-state index in [4.69, 9.17) is 4.74 Å². The first-order chi connectivity index (χ1) is 12.7. The lowest BCUT2D eigenvalue weighted by molar-refractivity contribution is -0.162. The van der Waals surface area contributed by atoms with Crippen LogP contribution in [0.3, 0.4) is 0 Å². The number of hydrogen-bond donors (Lipinski definition) is 1. The average molecular weight is 377 g/mol. The van der Waals surface area contributed by atoms with Gasteiger partial charge in [0.1, 0.15) is 5.78 Å². The number of fused-ring (bicyclic) bond motifs is 5. The Hall–Kier alpha value is -0.410. The molecule has 0 aromatic heterocycles. The van der Waals surface area contributed by atoms with Crippen LogP contribution < -0.4 is 0 Å². The third-order valence-corrected chi connectivity index (χ3v) is 9.67. The van der Waals surface area contributed by atoms with Gasteiger partial charge in [-0.2, -0.15) is 0 Å². The zero-order valence-corrected chi connectivity index (χ0v) is 17.9. The number of aliphatic hydroxyl groups is 1. The topological polar surface area (TPSA) is 46.5 Å². The van der Waals surface area contributed by atoms with Crippen LogP contribution >= 0.6 is 0 Å². The van der Waals surface area contributed by atoms with Crippen molar-refractivity contribution in [3.63, 3.8) is 0 Å². The van der Waals surface area contributed by atoms with Crippen molar-refractivity contribution in [2.24, 2.45) is 40.4 Å². The SMILES string of the molecule is CCOC[C@@]1(O)CC[C@@H]2[C@H]3CC[C@]4(C)[C@@H](C(C)=O)CC[C@H]4[C@@H]3CC[C@@]2(C)C1. The zero-order valence-electron chi connectivity index (χ0n) is 17.9. The van der Waals surface area contributed by atoms with Gasteiger partial charge in [0.05, 0.1) is 12.2 Å². The van der Waals surface area contributed by atoms with Crippen LogP contribution in [0.15, 0.2) is 0 Å². The quantitative estimate of drug-likeness (QED) is 0.751. The van der Waals surface area contributed by atoms with Gasteiger partial charge in [-0.15, -0.1) is 0 Å². The smallest absolute Gasteiger partial charge is 0.133 e. The summed E-state index contributed by atoms with van der Waals surface area (Å²) in [7, 11) is 0. The molecule has 0 spiro atoms. The molecule has 0 heterocycles. The maximum atomic E-state index is 12.3. The van der Waals surface area contributed by atoms with E-state index in [2.05, 4.69) is 13.8 Å². The average Bonchev–Trinajstić information content (AvgIpc) is 2.96. The second-order valence-corrected chi connectivity index (χ2v) is 11.1. The highest BCUT2D eigenvalue weighted by Crippen LogP contribution is 2.67. The second-order valence-electron chi connectivity index (χ2n) is 11.1. The van der Waals surface area contributed by atoms with Crippen LogP contribution in [0.1, 0.15) is 85.5 Å². The first kappa shape index (κ1) is 19.9. The summed E-state index contributed by atoms with van der Waals surface area (Å²) in [5.41, 5.74) is -0.104. The van der Waals surface area contributed by atoms with Crippen molar-refractivity contribution in [3.8, 4) is 0 Å². The van der Waals surface area contributed by atoms with Crippen molar-refractivity contribution >= 4 is 5.78 Å². The third kappa shape index (κ3) is 3.12. The van der Waals surface area contributed by atoms with Gasteiger partial charge < -0.3 is 9.84 Å². The molecule has 0 radical (unpaired) electrons. The summed E-state index contributed by atoms with van der Waals surface area (Å²) in [6, 6.07) is 0. The molecule has 4 aliphatic rings. The fraction of sp³-hybridized carbons (Fsp3) is 0.958. The van der Waals surface area contributed by atoms with E-state index in [-0.39, 0.29) is 10.8 Å². The molecule has 4 fully saturated rings. The van der Waals surface area contributed by atoms with Crippen molar-refractivity contribution in [2.75, 3.05) is 13.2 Å².